The van der Waals surface area contributed by atoms with E-state index in [0.29, 0.717) is 13.1 Å². The Balaban J connectivity index is 1.64. The minimum Gasteiger partial charge on any atom is -0.335 e. The molecule has 1 aliphatic heterocycles. The molecule has 3 rings (SSSR count). The van der Waals surface area contributed by atoms with Crippen molar-refractivity contribution in [2.45, 2.75) is 31.2 Å². The van der Waals surface area contributed by atoms with Crippen molar-refractivity contribution in [1.82, 2.24) is 29.7 Å². The molecule has 1 amide bonds. The lowest BCUT2D eigenvalue weighted by Crippen LogP contribution is -2.32. The van der Waals surface area contributed by atoms with Crippen LogP contribution in [-0.2, 0) is 6.54 Å². The maximum Gasteiger partial charge on any atom is 0.390 e. The van der Waals surface area contributed by atoms with E-state index in [1.807, 2.05) is 0 Å². The number of nitrogens with two attached hydrogens (primary N) is 1. The van der Waals surface area contributed by atoms with Crippen molar-refractivity contribution in [2.75, 3.05) is 13.1 Å². The molecule has 1 aliphatic rings. The second-order valence-electron chi connectivity index (χ2n) is 5.68. The maximum absolute atomic E-state index is 12.5. The van der Waals surface area contributed by atoms with Gasteiger partial charge in [-0.3, -0.25) is 9.48 Å². The van der Waals surface area contributed by atoms with Crippen LogP contribution < -0.4 is 5.73 Å². The number of alkyl halides is 3. The minimum absolute atomic E-state index is 0.184. The molecule has 2 aromatic heterocycles. The quantitative estimate of drug-likeness (QED) is 0.870. The highest BCUT2D eigenvalue weighted by Gasteiger charge is 2.35. The molecule has 8 nitrogen and oxygen atoms in total. The van der Waals surface area contributed by atoms with Gasteiger partial charge in [-0.25, -0.2) is 4.68 Å². The Kier molecular flexibility index (Phi) is 4.26. The zero-order valence-electron chi connectivity index (χ0n) is 12.6. The molecular formula is C13H16F3N7O. The lowest BCUT2D eigenvalue weighted by Gasteiger charge is -2.15. The van der Waals surface area contributed by atoms with E-state index in [4.69, 9.17) is 5.73 Å². The van der Waals surface area contributed by atoms with Crippen LogP contribution in [0.2, 0.25) is 0 Å². The first-order chi connectivity index (χ1) is 11.3. The summed E-state index contributed by atoms with van der Waals surface area (Å²) in [6, 6.07) is -0.479. The topological polar surface area (TPSA) is 94.9 Å². The number of hydrogen-bond donors (Lipinski definition) is 1. The van der Waals surface area contributed by atoms with Crippen molar-refractivity contribution in [2.24, 2.45) is 5.73 Å². The highest BCUT2D eigenvalue weighted by atomic mass is 19.4. The van der Waals surface area contributed by atoms with Crippen molar-refractivity contribution < 1.29 is 18.0 Å². The van der Waals surface area contributed by atoms with Gasteiger partial charge < -0.3 is 10.6 Å². The highest BCUT2D eigenvalue weighted by molar-refractivity contribution is 5.94. The molecular weight excluding hydrogens is 327 g/mol. The first-order valence-electron chi connectivity index (χ1n) is 7.33. The number of likely N-dealkylation sites (tertiary alicyclic amines) is 1. The van der Waals surface area contributed by atoms with Crippen LogP contribution in [0.25, 0.3) is 0 Å². The third kappa shape index (κ3) is 3.55. The summed E-state index contributed by atoms with van der Waals surface area (Å²) in [5.74, 6) is -0.314. The second kappa shape index (κ2) is 6.23. The molecule has 11 heteroatoms. The number of aromatic nitrogens is 5. The van der Waals surface area contributed by atoms with Gasteiger partial charge in [0.05, 0.1) is 30.4 Å². The second-order valence-corrected chi connectivity index (χ2v) is 5.68. The van der Waals surface area contributed by atoms with E-state index < -0.39 is 12.6 Å². The minimum atomic E-state index is -4.26. The normalized spacial score (nSPS) is 21.4. The predicted molar refractivity (Wildman–Crippen MR) is 75.8 cm³/mol. The zero-order chi connectivity index (χ0) is 17.3. The molecule has 24 heavy (non-hydrogen) atoms. The molecule has 2 aromatic rings. The Hall–Kier alpha value is -2.43. The molecule has 0 saturated carbocycles. The van der Waals surface area contributed by atoms with Gasteiger partial charge in [0, 0.05) is 38.1 Å². The van der Waals surface area contributed by atoms with Crippen molar-refractivity contribution in [3.05, 3.63) is 30.4 Å². The van der Waals surface area contributed by atoms with Crippen molar-refractivity contribution in [3.8, 4) is 0 Å². The SMILES string of the molecule is N[C@@H]1CN(C(=O)c2cnn(CCC(F)(F)F)c2)C[C@@H]1n1ccnn1. The fraction of sp³-hybridized carbons (Fsp3) is 0.538. The molecule has 0 unspecified atom stereocenters. The van der Waals surface area contributed by atoms with Gasteiger partial charge in [0.15, 0.2) is 0 Å². The maximum atomic E-state index is 12.5. The average Bonchev–Trinajstić information content (AvgIpc) is 3.24. The van der Waals surface area contributed by atoms with Gasteiger partial charge in [0.25, 0.3) is 5.91 Å². The van der Waals surface area contributed by atoms with Crippen LogP contribution >= 0.6 is 0 Å². The van der Waals surface area contributed by atoms with E-state index in [1.54, 1.807) is 15.8 Å². The summed E-state index contributed by atoms with van der Waals surface area (Å²) < 4.78 is 39.4. The monoisotopic (exact) mass is 343 g/mol. The van der Waals surface area contributed by atoms with E-state index in [-0.39, 0.29) is 30.1 Å². The van der Waals surface area contributed by atoms with Crippen molar-refractivity contribution >= 4 is 5.91 Å². The molecule has 0 bridgehead atoms. The lowest BCUT2D eigenvalue weighted by atomic mass is 10.2. The van der Waals surface area contributed by atoms with Crippen LogP contribution in [0.3, 0.4) is 0 Å². The summed E-state index contributed by atoms with van der Waals surface area (Å²) in [7, 11) is 0. The summed E-state index contributed by atoms with van der Waals surface area (Å²) in [6.07, 6.45) is 0.541. The van der Waals surface area contributed by atoms with Gasteiger partial charge in [0.1, 0.15) is 0 Å². The number of rotatable bonds is 4. The number of carbonyl (C=O) groups excluding carboxylic acids is 1. The lowest BCUT2D eigenvalue weighted by molar-refractivity contribution is -0.137. The van der Waals surface area contributed by atoms with Crippen LogP contribution in [-0.4, -0.2) is 60.9 Å². The van der Waals surface area contributed by atoms with Crippen molar-refractivity contribution in [1.29, 1.82) is 0 Å². The van der Waals surface area contributed by atoms with Crippen LogP contribution in [0.15, 0.2) is 24.8 Å². The van der Waals surface area contributed by atoms with Crippen LogP contribution in [0.4, 0.5) is 13.2 Å². The molecule has 0 radical (unpaired) electrons. The fourth-order valence-corrected chi connectivity index (χ4v) is 2.67. The summed E-state index contributed by atoms with van der Waals surface area (Å²) >= 11 is 0. The molecule has 130 valence electrons. The van der Waals surface area contributed by atoms with Gasteiger partial charge >= 0.3 is 6.18 Å². The third-order valence-electron chi connectivity index (χ3n) is 3.91. The molecule has 1 saturated heterocycles. The standard InChI is InChI=1S/C13H16F3N7O/c14-13(15,16)1-3-22-6-9(5-19-22)12(24)21-7-10(17)11(8-21)23-4-2-18-20-23/h2,4-6,10-11H,1,3,7-8,17H2/t10-,11+/m1/s1. The van der Waals surface area contributed by atoms with Gasteiger partial charge in [-0.05, 0) is 0 Å². The van der Waals surface area contributed by atoms with Crippen LogP contribution in [0.1, 0.15) is 22.8 Å². The van der Waals surface area contributed by atoms with Gasteiger partial charge in [-0.15, -0.1) is 5.10 Å². The molecule has 0 spiro atoms. The molecule has 3 heterocycles. The highest BCUT2D eigenvalue weighted by Crippen LogP contribution is 2.22. The number of halogens is 3. The molecule has 1 fully saturated rings. The van der Waals surface area contributed by atoms with Gasteiger partial charge in [-0.1, -0.05) is 5.21 Å². The van der Waals surface area contributed by atoms with Crippen molar-refractivity contribution in [3.63, 3.8) is 0 Å². The Labute approximate surface area is 135 Å². The largest absolute Gasteiger partial charge is 0.390 e. The summed E-state index contributed by atoms with van der Waals surface area (Å²) in [4.78, 5) is 14.0. The number of aryl methyl sites for hydroxylation is 1. The molecule has 2 atom stereocenters. The predicted octanol–water partition coefficient (Wildman–Crippen LogP) is 0.451. The van der Waals surface area contributed by atoms with Crippen LogP contribution in [0.5, 0.6) is 0 Å². The van der Waals surface area contributed by atoms with E-state index >= 15 is 0 Å². The number of amides is 1. The Morgan fingerprint density at radius 3 is 2.83 bits per heavy atom. The Morgan fingerprint density at radius 1 is 1.38 bits per heavy atom. The fourth-order valence-electron chi connectivity index (χ4n) is 2.67. The summed E-state index contributed by atoms with van der Waals surface area (Å²) in [5.41, 5.74) is 6.29. The van der Waals surface area contributed by atoms with E-state index in [1.165, 1.54) is 18.6 Å². The van der Waals surface area contributed by atoms with Gasteiger partial charge in [0.2, 0.25) is 0 Å². The Bertz CT molecular complexity index is 697. The van der Waals surface area contributed by atoms with E-state index in [9.17, 15) is 18.0 Å². The van der Waals surface area contributed by atoms with Crippen LogP contribution in [0, 0.1) is 0 Å². The number of hydrogen-bond acceptors (Lipinski definition) is 5. The van der Waals surface area contributed by atoms with Gasteiger partial charge in [-0.2, -0.15) is 18.3 Å². The smallest absolute Gasteiger partial charge is 0.335 e. The summed E-state index contributed by atoms with van der Waals surface area (Å²) in [5, 5.41) is 11.4. The number of carbonyl (C=O) groups is 1. The first-order valence-corrected chi connectivity index (χ1v) is 7.33. The average molecular weight is 343 g/mol. The third-order valence-corrected chi connectivity index (χ3v) is 3.91. The zero-order valence-corrected chi connectivity index (χ0v) is 12.6. The molecule has 0 aromatic carbocycles. The molecule has 0 aliphatic carbocycles. The van der Waals surface area contributed by atoms with E-state index in [0.717, 1.165) is 4.68 Å². The number of nitrogens with zero attached hydrogens (tertiary/aromatic N) is 6. The Morgan fingerprint density at radius 2 is 2.17 bits per heavy atom. The first kappa shape index (κ1) is 16.4. The van der Waals surface area contributed by atoms with E-state index in [2.05, 4.69) is 15.4 Å². The molecule has 2 N–H and O–H groups in total. The summed E-state index contributed by atoms with van der Waals surface area (Å²) in [6.45, 7) is 0.367.